The number of nitrogens with zero attached hydrogens (tertiary/aromatic N) is 1. The Morgan fingerprint density at radius 3 is 2.71 bits per heavy atom. The van der Waals surface area contributed by atoms with E-state index >= 15 is 0 Å². The van der Waals surface area contributed by atoms with E-state index in [1.54, 1.807) is 0 Å². The van der Waals surface area contributed by atoms with Crippen LogP contribution in [0.4, 0.5) is 0 Å². The summed E-state index contributed by atoms with van der Waals surface area (Å²) in [6, 6.07) is 0.810. The molecule has 0 aromatic heterocycles. The van der Waals surface area contributed by atoms with Crippen LogP contribution < -0.4 is 0 Å². The van der Waals surface area contributed by atoms with Crippen molar-refractivity contribution in [1.82, 2.24) is 4.90 Å². The van der Waals surface area contributed by atoms with Crippen molar-refractivity contribution >= 4 is 17.2 Å². The fourth-order valence-corrected chi connectivity index (χ4v) is 3.36. The largest absolute Gasteiger partial charge is 0.363 e. The van der Waals surface area contributed by atoms with Crippen LogP contribution in [0.25, 0.3) is 0 Å². The van der Waals surface area contributed by atoms with Gasteiger partial charge in [-0.15, -0.1) is 0 Å². The Morgan fingerprint density at radius 1 is 1.21 bits per heavy atom. The Balaban J connectivity index is 2.04. The summed E-state index contributed by atoms with van der Waals surface area (Å²) in [5, 5.41) is 0. The molecule has 1 heterocycles. The molecule has 2 atom stereocenters. The zero-order valence-corrected chi connectivity index (χ0v) is 9.98. The lowest BCUT2D eigenvalue weighted by molar-refractivity contribution is 0.120. The molecule has 1 aliphatic carbocycles. The van der Waals surface area contributed by atoms with Crippen LogP contribution in [-0.2, 0) is 0 Å². The van der Waals surface area contributed by atoms with Crippen LogP contribution in [0.15, 0.2) is 0 Å². The molecule has 2 aliphatic rings. The predicted molar refractivity (Wildman–Crippen MR) is 64.6 cm³/mol. The van der Waals surface area contributed by atoms with Crippen LogP contribution in [0.3, 0.4) is 0 Å². The molecule has 1 saturated heterocycles. The van der Waals surface area contributed by atoms with Crippen molar-refractivity contribution in [3.8, 4) is 0 Å². The topological polar surface area (TPSA) is 3.24 Å². The maximum Gasteiger partial charge on any atom is 0.0779 e. The second kappa shape index (κ2) is 4.61. The van der Waals surface area contributed by atoms with Crippen LogP contribution in [0.2, 0.25) is 0 Å². The molecule has 0 bridgehead atoms. The minimum atomic E-state index is 0.810. The number of hydrogen-bond acceptors (Lipinski definition) is 1. The van der Waals surface area contributed by atoms with E-state index in [0.29, 0.717) is 0 Å². The van der Waals surface area contributed by atoms with Gasteiger partial charge in [0.15, 0.2) is 0 Å². The monoisotopic (exact) mass is 211 g/mol. The molecule has 1 aliphatic heterocycles. The van der Waals surface area contributed by atoms with Gasteiger partial charge in [-0.05, 0) is 38.0 Å². The lowest BCUT2D eigenvalue weighted by Crippen LogP contribution is -2.48. The van der Waals surface area contributed by atoms with Crippen LogP contribution in [0, 0.1) is 5.92 Å². The zero-order chi connectivity index (χ0) is 9.97. The van der Waals surface area contributed by atoms with Gasteiger partial charge in [0.1, 0.15) is 0 Å². The van der Waals surface area contributed by atoms with E-state index in [1.165, 1.54) is 50.1 Å². The van der Waals surface area contributed by atoms with Crippen molar-refractivity contribution in [2.75, 3.05) is 6.54 Å². The van der Waals surface area contributed by atoms with Gasteiger partial charge in [-0.3, -0.25) is 0 Å². The van der Waals surface area contributed by atoms with E-state index in [1.807, 2.05) is 0 Å². The highest BCUT2D eigenvalue weighted by Crippen LogP contribution is 2.35. The highest BCUT2D eigenvalue weighted by atomic mass is 32.1. The first-order valence-corrected chi connectivity index (χ1v) is 6.53. The maximum atomic E-state index is 5.47. The van der Waals surface area contributed by atoms with Crippen molar-refractivity contribution < 1.29 is 0 Å². The number of rotatable bonds is 1. The van der Waals surface area contributed by atoms with Crippen LogP contribution in [0.1, 0.15) is 51.9 Å². The quantitative estimate of drug-likeness (QED) is 0.612. The van der Waals surface area contributed by atoms with Crippen LogP contribution in [-0.4, -0.2) is 22.5 Å². The standard InChI is InChI=1S/C12H21NS/c1-2-12(14)13-9-5-7-10-6-3-4-8-11(10)13/h10-11H,2-9H2,1H3/t10-,11-/m0/s1. The highest BCUT2D eigenvalue weighted by Gasteiger charge is 2.33. The van der Waals surface area contributed by atoms with Gasteiger partial charge < -0.3 is 4.90 Å². The SMILES string of the molecule is CCC(=S)N1CCC[C@@H]2CCCC[C@@H]21. The number of hydrogen-bond donors (Lipinski definition) is 0. The smallest absolute Gasteiger partial charge is 0.0779 e. The molecule has 1 nitrogen and oxygen atoms in total. The molecule has 0 spiro atoms. The van der Waals surface area contributed by atoms with Crippen molar-refractivity contribution in [2.45, 2.75) is 57.9 Å². The average Bonchev–Trinajstić information content (AvgIpc) is 2.27. The average molecular weight is 211 g/mol. The molecule has 14 heavy (non-hydrogen) atoms. The summed E-state index contributed by atoms with van der Waals surface area (Å²) in [6.45, 7) is 3.42. The number of thiocarbonyl (C=S) groups is 1. The first-order valence-electron chi connectivity index (χ1n) is 6.12. The molecule has 2 rings (SSSR count). The molecule has 0 aromatic rings. The summed E-state index contributed by atoms with van der Waals surface area (Å²) < 4.78 is 0. The summed E-state index contributed by atoms with van der Waals surface area (Å²) >= 11 is 5.47. The van der Waals surface area contributed by atoms with Crippen LogP contribution in [0.5, 0.6) is 0 Å². The molecule has 0 amide bonds. The van der Waals surface area contributed by atoms with E-state index in [0.717, 1.165) is 18.4 Å². The van der Waals surface area contributed by atoms with E-state index < -0.39 is 0 Å². The summed E-state index contributed by atoms with van der Waals surface area (Å²) in [5.74, 6) is 0.960. The van der Waals surface area contributed by atoms with Gasteiger partial charge in [0.2, 0.25) is 0 Å². The van der Waals surface area contributed by atoms with Crippen molar-refractivity contribution in [3.63, 3.8) is 0 Å². The predicted octanol–water partition coefficient (Wildman–Crippen LogP) is 3.38. The summed E-state index contributed by atoms with van der Waals surface area (Å²) in [7, 11) is 0. The van der Waals surface area contributed by atoms with Gasteiger partial charge in [-0.25, -0.2) is 0 Å². The van der Waals surface area contributed by atoms with Gasteiger partial charge in [0.25, 0.3) is 0 Å². The molecule has 0 aromatic carbocycles. The summed E-state index contributed by atoms with van der Waals surface area (Å²) in [5.41, 5.74) is 0. The highest BCUT2D eigenvalue weighted by molar-refractivity contribution is 7.80. The third kappa shape index (κ3) is 1.95. The molecule has 2 fully saturated rings. The fraction of sp³-hybridized carbons (Fsp3) is 0.917. The Hall–Kier alpha value is -0.110. The van der Waals surface area contributed by atoms with Gasteiger partial charge in [-0.1, -0.05) is 32.0 Å². The summed E-state index contributed by atoms with van der Waals surface area (Å²) in [6.07, 6.45) is 9.59. The molecule has 0 unspecified atom stereocenters. The Morgan fingerprint density at radius 2 is 1.93 bits per heavy atom. The Labute approximate surface area is 92.9 Å². The second-order valence-corrected chi connectivity index (χ2v) is 5.17. The number of likely N-dealkylation sites (tertiary alicyclic amines) is 1. The Kier molecular flexibility index (Phi) is 3.42. The lowest BCUT2D eigenvalue weighted by atomic mass is 9.78. The normalized spacial score (nSPS) is 32.5. The van der Waals surface area contributed by atoms with E-state index in [4.69, 9.17) is 12.2 Å². The molecule has 80 valence electrons. The second-order valence-electron chi connectivity index (χ2n) is 4.69. The molecule has 0 N–H and O–H groups in total. The minimum absolute atomic E-state index is 0.810. The van der Waals surface area contributed by atoms with Crippen molar-refractivity contribution in [2.24, 2.45) is 5.92 Å². The Bertz CT molecular complexity index is 212. The minimum Gasteiger partial charge on any atom is -0.363 e. The van der Waals surface area contributed by atoms with Crippen LogP contribution >= 0.6 is 12.2 Å². The number of fused-ring (bicyclic) bond motifs is 1. The molecular weight excluding hydrogens is 190 g/mol. The van der Waals surface area contributed by atoms with Gasteiger partial charge in [0.05, 0.1) is 4.99 Å². The van der Waals surface area contributed by atoms with Gasteiger partial charge in [0, 0.05) is 12.6 Å². The first kappa shape index (κ1) is 10.4. The molecule has 0 radical (unpaired) electrons. The molecule has 2 heteroatoms. The van der Waals surface area contributed by atoms with E-state index in [2.05, 4.69) is 11.8 Å². The van der Waals surface area contributed by atoms with E-state index in [-0.39, 0.29) is 0 Å². The van der Waals surface area contributed by atoms with E-state index in [9.17, 15) is 0 Å². The first-order chi connectivity index (χ1) is 6.83. The van der Waals surface area contributed by atoms with Crippen molar-refractivity contribution in [1.29, 1.82) is 0 Å². The van der Waals surface area contributed by atoms with Gasteiger partial charge in [-0.2, -0.15) is 0 Å². The summed E-state index contributed by atoms with van der Waals surface area (Å²) in [4.78, 5) is 3.75. The third-order valence-corrected chi connectivity index (χ3v) is 4.39. The molecular formula is C12H21NS. The fourth-order valence-electron chi connectivity index (χ4n) is 3.14. The van der Waals surface area contributed by atoms with Crippen molar-refractivity contribution in [3.05, 3.63) is 0 Å². The molecule has 1 saturated carbocycles. The third-order valence-electron chi connectivity index (χ3n) is 3.87. The van der Waals surface area contributed by atoms with Gasteiger partial charge >= 0.3 is 0 Å². The lowest BCUT2D eigenvalue weighted by Gasteiger charge is -2.45. The zero-order valence-electron chi connectivity index (χ0n) is 9.17. The number of piperidine rings is 1. The maximum absolute atomic E-state index is 5.47.